The minimum absolute atomic E-state index is 0.0229. The molecule has 1 atom stereocenters. The van der Waals surface area contributed by atoms with Crippen molar-refractivity contribution in [2.45, 2.75) is 38.8 Å². The van der Waals surface area contributed by atoms with Crippen LogP contribution in [-0.2, 0) is 11.3 Å². The van der Waals surface area contributed by atoms with Gasteiger partial charge >= 0.3 is 0 Å². The number of carbonyl (C=O) groups excluding carboxylic acids is 2. The number of amides is 2. The van der Waals surface area contributed by atoms with E-state index in [1.807, 2.05) is 25.2 Å². The lowest BCUT2D eigenvalue weighted by molar-refractivity contribution is -0.125. The van der Waals surface area contributed by atoms with E-state index in [1.165, 1.54) is 0 Å². The molecular weight excluding hydrogens is 394 g/mol. The molecule has 8 heteroatoms. The Morgan fingerprint density at radius 3 is 2.68 bits per heavy atom. The number of piperidine rings is 1. The molecule has 2 aromatic heterocycles. The molecule has 0 bridgehead atoms. The second-order valence-electron chi connectivity index (χ2n) is 8.85. The molecule has 0 radical (unpaired) electrons. The second kappa shape index (κ2) is 8.63. The van der Waals surface area contributed by atoms with Gasteiger partial charge in [0.15, 0.2) is 0 Å². The second-order valence-corrected chi connectivity index (χ2v) is 8.85. The average molecular weight is 424 g/mol. The van der Waals surface area contributed by atoms with Gasteiger partial charge in [-0.1, -0.05) is 6.07 Å². The molecule has 0 aromatic carbocycles. The predicted molar refractivity (Wildman–Crippen MR) is 116 cm³/mol. The van der Waals surface area contributed by atoms with E-state index in [9.17, 15) is 14.4 Å². The summed E-state index contributed by atoms with van der Waals surface area (Å²) in [6, 6.07) is 8.83. The van der Waals surface area contributed by atoms with Gasteiger partial charge in [0.25, 0.3) is 11.5 Å². The fourth-order valence-electron chi connectivity index (χ4n) is 4.82. The van der Waals surface area contributed by atoms with Gasteiger partial charge in [0.05, 0.1) is 18.3 Å². The van der Waals surface area contributed by atoms with Crippen LogP contribution in [0.5, 0.6) is 0 Å². The lowest BCUT2D eigenvalue weighted by atomic mass is 9.76. The normalized spacial score (nSPS) is 20.7. The summed E-state index contributed by atoms with van der Waals surface area (Å²) in [4.78, 5) is 48.6. The standard InChI is InChI=1S/C23H29N5O3/c1-16-6-7-18(20(29)26-16)22(31)28-11-8-23(9-12-28)13-19(27(2)15-23)21(30)25-14-17-5-3-4-10-24-17/h3-7,10,19H,8-9,11-15H2,1-2H3,(H,25,30)(H,26,29). The summed E-state index contributed by atoms with van der Waals surface area (Å²) in [7, 11) is 1.99. The minimum Gasteiger partial charge on any atom is -0.349 e. The highest BCUT2D eigenvalue weighted by Crippen LogP contribution is 2.43. The minimum atomic E-state index is -0.337. The molecule has 4 heterocycles. The van der Waals surface area contributed by atoms with E-state index in [0.717, 1.165) is 37.2 Å². The van der Waals surface area contributed by atoms with E-state index in [2.05, 4.69) is 20.2 Å². The number of likely N-dealkylation sites (N-methyl/N-ethyl adjacent to an activating group) is 1. The van der Waals surface area contributed by atoms with E-state index in [0.29, 0.717) is 19.6 Å². The maximum absolute atomic E-state index is 12.8. The number of carbonyl (C=O) groups is 2. The first kappa shape index (κ1) is 21.2. The summed E-state index contributed by atoms with van der Waals surface area (Å²) in [6.45, 7) is 4.25. The highest BCUT2D eigenvalue weighted by atomic mass is 16.2. The highest BCUT2D eigenvalue weighted by molar-refractivity contribution is 5.94. The van der Waals surface area contributed by atoms with Crippen molar-refractivity contribution in [3.8, 4) is 0 Å². The van der Waals surface area contributed by atoms with Crippen LogP contribution in [0.25, 0.3) is 0 Å². The van der Waals surface area contributed by atoms with E-state index < -0.39 is 0 Å². The Labute approximate surface area is 181 Å². The van der Waals surface area contributed by atoms with Gasteiger partial charge in [-0.15, -0.1) is 0 Å². The Balaban J connectivity index is 1.34. The predicted octanol–water partition coefficient (Wildman–Crippen LogP) is 1.32. The van der Waals surface area contributed by atoms with Gasteiger partial charge in [-0.25, -0.2) is 0 Å². The average Bonchev–Trinajstić information content (AvgIpc) is 3.08. The number of H-pyrrole nitrogens is 1. The third-order valence-electron chi connectivity index (χ3n) is 6.61. The zero-order valence-electron chi connectivity index (χ0n) is 18.1. The lowest BCUT2D eigenvalue weighted by Gasteiger charge is -2.39. The SMILES string of the molecule is Cc1ccc(C(=O)N2CCC3(CC2)CC(C(=O)NCc2ccccn2)N(C)C3)c(=O)[nH]1. The smallest absolute Gasteiger partial charge is 0.260 e. The van der Waals surface area contributed by atoms with E-state index >= 15 is 0 Å². The van der Waals surface area contributed by atoms with Gasteiger partial charge in [0, 0.05) is 31.5 Å². The number of rotatable bonds is 4. The first-order valence-corrected chi connectivity index (χ1v) is 10.7. The number of hydrogen-bond acceptors (Lipinski definition) is 5. The van der Waals surface area contributed by atoms with Gasteiger partial charge in [-0.3, -0.25) is 24.3 Å². The summed E-state index contributed by atoms with van der Waals surface area (Å²) in [6.07, 6.45) is 4.16. The van der Waals surface area contributed by atoms with Crippen molar-refractivity contribution in [3.05, 3.63) is 63.8 Å². The third-order valence-corrected chi connectivity index (χ3v) is 6.61. The van der Waals surface area contributed by atoms with Crippen LogP contribution in [0.1, 0.15) is 41.0 Å². The summed E-state index contributed by atoms with van der Waals surface area (Å²) >= 11 is 0. The molecule has 2 saturated heterocycles. The molecule has 8 nitrogen and oxygen atoms in total. The van der Waals surface area contributed by atoms with Crippen LogP contribution in [-0.4, -0.2) is 64.3 Å². The summed E-state index contributed by atoms with van der Waals surface area (Å²) < 4.78 is 0. The molecule has 0 saturated carbocycles. The molecule has 2 fully saturated rings. The monoisotopic (exact) mass is 423 g/mol. The quantitative estimate of drug-likeness (QED) is 0.773. The molecule has 4 rings (SSSR count). The van der Waals surface area contributed by atoms with Gasteiger partial charge in [0.2, 0.25) is 5.91 Å². The number of likely N-dealkylation sites (tertiary alicyclic amines) is 2. The number of hydrogen-bond donors (Lipinski definition) is 2. The Hall–Kier alpha value is -3.00. The molecule has 2 aromatic rings. The Kier molecular flexibility index (Phi) is 5.91. The molecule has 2 aliphatic heterocycles. The van der Waals surface area contributed by atoms with Crippen molar-refractivity contribution in [1.29, 1.82) is 0 Å². The van der Waals surface area contributed by atoms with Crippen molar-refractivity contribution >= 4 is 11.8 Å². The van der Waals surface area contributed by atoms with Crippen LogP contribution in [0.3, 0.4) is 0 Å². The van der Waals surface area contributed by atoms with Crippen LogP contribution in [0.4, 0.5) is 0 Å². The first-order valence-electron chi connectivity index (χ1n) is 10.7. The molecule has 0 aliphatic carbocycles. The van der Waals surface area contributed by atoms with Gasteiger partial charge in [-0.05, 0) is 62.9 Å². The fourth-order valence-corrected chi connectivity index (χ4v) is 4.82. The van der Waals surface area contributed by atoms with Crippen LogP contribution < -0.4 is 10.9 Å². The molecule has 1 unspecified atom stereocenters. The van der Waals surface area contributed by atoms with Crippen LogP contribution >= 0.6 is 0 Å². The molecule has 1 spiro atoms. The van der Waals surface area contributed by atoms with Crippen molar-refractivity contribution in [1.82, 2.24) is 25.1 Å². The molecule has 2 N–H and O–H groups in total. The third kappa shape index (κ3) is 4.54. The highest BCUT2D eigenvalue weighted by Gasteiger charge is 2.47. The summed E-state index contributed by atoms with van der Waals surface area (Å²) in [5.74, 6) is -0.193. The zero-order valence-corrected chi connectivity index (χ0v) is 18.1. The van der Waals surface area contributed by atoms with E-state index in [-0.39, 0.29) is 34.4 Å². The number of aromatic nitrogens is 2. The summed E-state index contributed by atoms with van der Waals surface area (Å²) in [5, 5.41) is 3.01. The van der Waals surface area contributed by atoms with Crippen LogP contribution in [0.15, 0.2) is 41.3 Å². The number of nitrogens with zero attached hydrogens (tertiary/aromatic N) is 3. The number of aryl methyl sites for hydroxylation is 1. The molecule has 2 amide bonds. The van der Waals surface area contributed by atoms with Gasteiger partial charge in [0.1, 0.15) is 5.56 Å². The number of aromatic amines is 1. The Bertz CT molecular complexity index is 1010. The maximum Gasteiger partial charge on any atom is 0.260 e. The van der Waals surface area contributed by atoms with Gasteiger partial charge < -0.3 is 15.2 Å². The lowest BCUT2D eigenvalue weighted by Crippen LogP contribution is -2.45. The number of nitrogens with one attached hydrogen (secondary N) is 2. The van der Waals surface area contributed by atoms with E-state index in [1.54, 1.807) is 30.2 Å². The summed E-state index contributed by atoms with van der Waals surface area (Å²) in [5.41, 5.74) is 1.45. The fraction of sp³-hybridized carbons (Fsp3) is 0.478. The maximum atomic E-state index is 12.8. The first-order chi connectivity index (χ1) is 14.9. The van der Waals surface area contributed by atoms with Gasteiger partial charge in [-0.2, -0.15) is 0 Å². The van der Waals surface area contributed by atoms with Crippen LogP contribution in [0.2, 0.25) is 0 Å². The molecule has 31 heavy (non-hydrogen) atoms. The van der Waals surface area contributed by atoms with Crippen LogP contribution in [0, 0.1) is 12.3 Å². The topological polar surface area (TPSA) is 98.4 Å². The molecule has 164 valence electrons. The van der Waals surface area contributed by atoms with Crippen molar-refractivity contribution in [2.24, 2.45) is 5.41 Å². The zero-order chi connectivity index (χ0) is 22.0. The number of pyridine rings is 2. The van der Waals surface area contributed by atoms with Crippen molar-refractivity contribution in [3.63, 3.8) is 0 Å². The Morgan fingerprint density at radius 2 is 2.00 bits per heavy atom. The van der Waals surface area contributed by atoms with E-state index in [4.69, 9.17) is 0 Å². The molecular formula is C23H29N5O3. The van der Waals surface area contributed by atoms with Crippen molar-refractivity contribution < 1.29 is 9.59 Å². The Morgan fingerprint density at radius 1 is 1.23 bits per heavy atom. The largest absolute Gasteiger partial charge is 0.349 e. The van der Waals surface area contributed by atoms with Crippen molar-refractivity contribution in [2.75, 3.05) is 26.7 Å². The molecule has 2 aliphatic rings.